The summed E-state index contributed by atoms with van der Waals surface area (Å²) in [5.41, 5.74) is 17.1. The van der Waals surface area contributed by atoms with Crippen LogP contribution in [0, 0.1) is 0 Å². The molecule has 3 heteroatoms. The summed E-state index contributed by atoms with van der Waals surface area (Å²) in [7, 11) is 0. The molecule has 310 valence electrons. The maximum atomic E-state index is 5.40. The van der Waals surface area contributed by atoms with Gasteiger partial charge in [-0.15, -0.1) is 11.3 Å². The fraction of sp³-hybridized carbons (Fsp3) is 0.0476. The van der Waals surface area contributed by atoms with Gasteiger partial charge in [-0.2, -0.15) is 0 Å². The molecule has 2 aromatic heterocycles. The first-order valence-corrected chi connectivity index (χ1v) is 23.5. The van der Waals surface area contributed by atoms with E-state index >= 15 is 0 Å². The molecule has 12 aromatic rings. The van der Waals surface area contributed by atoms with Gasteiger partial charge in [0, 0.05) is 42.3 Å². The Hall–Kier alpha value is -7.98. The van der Waals surface area contributed by atoms with Crippen molar-refractivity contribution in [1.82, 2.24) is 9.97 Å². The molecule has 0 radical (unpaired) electrons. The van der Waals surface area contributed by atoms with Crippen LogP contribution in [-0.2, 0) is 5.41 Å². The van der Waals surface area contributed by atoms with Crippen LogP contribution in [0.15, 0.2) is 218 Å². The number of hydrogen-bond acceptors (Lipinski definition) is 3. The van der Waals surface area contributed by atoms with Gasteiger partial charge < -0.3 is 0 Å². The second-order valence-electron chi connectivity index (χ2n) is 18.1. The van der Waals surface area contributed by atoms with Crippen molar-refractivity contribution in [3.8, 4) is 78.4 Å². The molecule has 0 N–H and O–H groups in total. The van der Waals surface area contributed by atoms with Gasteiger partial charge in [0.2, 0.25) is 0 Å². The van der Waals surface area contributed by atoms with E-state index in [0.29, 0.717) is 5.82 Å². The minimum absolute atomic E-state index is 0.128. The summed E-state index contributed by atoms with van der Waals surface area (Å²) in [5.74, 6) is 0.694. The predicted octanol–water partition coefficient (Wildman–Crippen LogP) is 17.5. The Morgan fingerprint density at radius 1 is 0.333 bits per heavy atom. The van der Waals surface area contributed by atoms with Gasteiger partial charge in [0.05, 0.1) is 11.4 Å². The van der Waals surface area contributed by atoms with Gasteiger partial charge in [-0.1, -0.05) is 172 Å². The van der Waals surface area contributed by atoms with Crippen LogP contribution in [0.4, 0.5) is 0 Å². The molecule has 0 aliphatic heterocycles. The fourth-order valence-corrected chi connectivity index (χ4v) is 11.6. The summed E-state index contributed by atoms with van der Waals surface area (Å²) in [6.07, 6.45) is 0. The molecule has 0 saturated carbocycles. The van der Waals surface area contributed by atoms with Crippen molar-refractivity contribution in [3.05, 3.63) is 230 Å². The molecule has 1 aliphatic carbocycles. The van der Waals surface area contributed by atoms with Crippen LogP contribution in [-0.4, -0.2) is 9.97 Å². The zero-order valence-electron chi connectivity index (χ0n) is 36.6. The SMILES string of the molecule is CC1(C)c2cc3ccccc3cc2-c2c(-c3cccc(-c4cc(-c5cc(-c6ccc7sc8ccccc8c7c6)cc(-c6cccc7ccccc67)c5)nc(-c5ccccc5)n4)c3)cccc21. The third kappa shape index (κ3) is 6.30. The largest absolute Gasteiger partial charge is 0.228 e. The van der Waals surface area contributed by atoms with Gasteiger partial charge in [-0.25, -0.2) is 9.97 Å². The van der Waals surface area contributed by atoms with E-state index in [-0.39, 0.29) is 5.41 Å². The Kier molecular flexibility index (Phi) is 8.78. The highest BCUT2D eigenvalue weighted by Gasteiger charge is 2.37. The molecule has 13 rings (SSSR count). The zero-order chi connectivity index (χ0) is 43.9. The van der Waals surface area contributed by atoms with E-state index in [1.807, 2.05) is 17.4 Å². The Bertz CT molecular complexity index is 3910. The molecule has 2 heterocycles. The number of benzene rings is 10. The highest BCUT2D eigenvalue weighted by atomic mass is 32.1. The Labute approximate surface area is 388 Å². The summed E-state index contributed by atoms with van der Waals surface area (Å²) in [6.45, 7) is 4.73. The van der Waals surface area contributed by atoms with E-state index in [0.717, 1.165) is 39.2 Å². The van der Waals surface area contributed by atoms with Crippen LogP contribution in [0.3, 0.4) is 0 Å². The number of hydrogen-bond donors (Lipinski definition) is 0. The third-order valence-corrected chi connectivity index (χ3v) is 15.0. The zero-order valence-corrected chi connectivity index (χ0v) is 37.4. The lowest BCUT2D eigenvalue weighted by molar-refractivity contribution is 0.661. The summed E-state index contributed by atoms with van der Waals surface area (Å²) in [4.78, 5) is 10.7. The van der Waals surface area contributed by atoms with Crippen molar-refractivity contribution in [2.45, 2.75) is 19.3 Å². The van der Waals surface area contributed by atoms with Gasteiger partial charge in [0.25, 0.3) is 0 Å². The van der Waals surface area contributed by atoms with E-state index in [1.165, 1.54) is 86.2 Å². The lowest BCUT2D eigenvalue weighted by Crippen LogP contribution is -2.14. The average Bonchev–Trinajstić information content (AvgIpc) is 3.86. The lowest BCUT2D eigenvalue weighted by Gasteiger charge is -2.22. The van der Waals surface area contributed by atoms with Gasteiger partial charge in [-0.3, -0.25) is 0 Å². The molecule has 1 aliphatic rings. The minimum atomic E-state index is -0.128. The van der Waals surface area contributed by atoms with Crippen LogP contribution in [0.2, 0.25) is 0 Å². The summed E-state index contributed by atoms with van der Waals surface area (Å²) in [5, 5.41) is 7.55. The van der Waals surface area contributed by atoms with Gasteiger partial charge >= 0.3 is 0 Å². The molecule has 0 amide bonds. The maximum Gasteiger partial charge on any atom is 0.160 e. The smallest absolute Gasteiger partial charge is 0.160 e. The monoisotopic (exact) mass is 858 g/mol. The summed E-state index contributed by atoms with van der Waals surface area (Å²) < 4.78 is 2.60. The van der Waals surface area contributed by atoms with E-state index in [9.17, 15) is 0 Å². The van der Waals surface area contributed by atoms with Crippen LogP contribution < -0.4 is 0 Å². The predicted molar refractivity (Wildman–Crippen MR) is 280 cm³/mol. The fourth-order valence-electron chi connectivity index (χ4n) is 10.5. The quantitative estimate of drug-likeness (QED) is 0.166. The van der Waals surface area contributed by atoms with Crippen molar-refractivity contribution < 1.29 is 0 Å². The second-order valence-corrected chi connectivity index (χ2v) is 19.2. The standard InChI is InChI=1S/C63H42N2S/c1-63(2)55-27-14-26-51(61(55)54-36-41-18-6-7-19-42(41)37-56(54)63)44-21-12-22-45(31-44)57-38-58(65-62(64-57)40-16-4-3-5-17-40)48-33-46(32-47(34-48)50-25-13-20-39-15-8-9-23-49(39)50)43-29-30-60-53(35-43)52-24-10-11-28-59(52)66-60/h3-38H,1-2H3. The maximum absolute atomic E-state index is 5.40. The first-order chi connectivity index (χ1) is 32.4. The number of nitrogens with zero attached hydrogens (tertiary/aromatic N) is 2. The number of aromatic nitrogens is 2. The van der Waals surface area contributed by atoms with Gasteiger partial charge in [0.1, 0.15) is 0 Å². The van der Waals surface area contributed by atoms with Crippen LogP contribution in [0.5, 0.6) is 0 Å². The van der Waals surface area contributed by atoms with Gasteiger partial charge in [-0.05, 0) is 138 Å². The third-order valence-electron chi connectivity index (χ3n) is 13.8. The van der Waals surface area contributed by atoms with E-state index < -0.39 is 0 Å². The molecule has 66 heavy (non-hydrogen) atoms. The number of rotatable bonds is 6. The molecule has 0 fully saturated rings. The van der Waals surface area contributed by atoms with E-state index in [2.05, 4.69) is 226 Å². The average molecular weight is 859 g/mol. The Morgan fingerprint density at radius 3 is 1.80 bits per heavy atom. The molecule has 0 spiro atoms. The Morgan fingerprint density at radius 2 is 0.939 bits per heavy atom. The highest BCUT2D eigenvalue weighted by Crippen LogP contribution is 2.53. The van der Waals surface area contributed by atoms with Crippen molar-refractivity contribution in [2.75, 3.05) is 0 Å². The summed E-state index contributed by atoms with van der Waals surface area (Å²) >= 11 is 1.85. The minimum Gasteiger partial charge on any atom is -0.228 e. The lowest BCUT2D eigenvalue weighted by atomic mass is 9.81. The molecule has 0 atom stereocenters. The topological polar surface area (TPSA) is 25.8 Å². The van der Waals surface area contributed by atoms with Crippen LogP contribution in [0.1, 0.15) is 25.0 Å². The molecule has 2 nitrogen and oxygen atoms in total. The summed E-state index contributed by atoms with van der Waals surface area (Å²) in [6, 6.07) is 79.8. The molecule has 0 bridgehead atoms. The Balaban J connectivity index is 1.00. The number of thiophene rings is 1. The molecular formula is C63H42N2S. The van der Waals surface area contributed by atoms with Gasteiger partial charge in [0.15, 0.2) is 5.82 Å². The highest BCUT2D eigenvalue weighted by molar-refractivity contribution is 7.25. The molecule has 0 saturated heterocycles. The van der Waals surface area contributed by atoms with E-state index in [1.54, 1.807) is 0 Å². The van der Waals surface area contributed by atoms with Crippen molar-refractivity contribution in [2.24, 2.45) is 0 Å². The molecule has 0 unspecified atom stereocenters. The van der Waals surface area contributed by atoms with Crippen molar-refractivity contribution >= 4 is 53.1 Å². The second kappa shape index (κ2) is 15.1. The first-order valence-electron chi connectivity index (χ1n) is 22.7. The molecule has 10 aromatic carbocycles. The van der Waals surface area contributed by atoms with Crippen LogP contribution >= 0.6 is 11.3 Å². The van der Waals surface area contributed by atoms with E-state index in [4.69, 9.17) is 9.97 Å². The number of fused-ring (bicyclic) bond motifs is 8. The first kappa shape index (κ1) is 38.5. The normalized spacial score (nSPS) is 12.8. The van der Waals surface area contributed by atoms with Crippen molar-refractivity contribution in [3.63, 3.8) is 0 Å². The molecular weight excluding hydrogens is 817 g/mol. The van der Waals surface area contributed by atoms with Crippen molar-refractivity contribution in [1.29, 1.82) is 0 Å². The van der Waals surface area contributed by atoms with Crippen LogP contribution in [0.25, 0.3) is 120 Å².